The minimum absolute atomic E-state index is 0.133. The molecule has 2 aromatic rings. The predicted octanol–water partition coefficient (Wildman–Crippen LogP) is 2.48. The zero-order valence-electron chi connectivity index (χ0n) is 11.1. The summed E-state index contributed by atoms with van der Waals surface area (Å²) in [4.78, 5) is 13.6. The van der Waals surface area contributed by atoms with E-state index >= 15 is 0 Å². The molecule has 0 aliphatic carbocycles. The van der Waals surface area contributed by atoms with Gasteiger partial charge in [0.1, 0.15) is 5.82 Å². The first-order valence-electron chi connectivity index (χ1n) is 6.17. The maximum atomic E-state index is 13.1. The molecule has 5 heteroatoms. The molecule has 0 aliphatic heterocycles. The number of carbonyl (C=O) groups excluding carboxylic acids is 1. The van der Waals surface area contributed by atoms with Gasteiger partial charge in [0.2, 0.25) is 5.91 Å². The van der Waals surface area contributed by atoms with Crippen molar-refractivity contribution >= 4 is 23.0 Å². The standard InChI is InChI=1S/C15H16FN3O/c1-19(14-4-2-3-11(16)9-14)10-15(20)18-13-7-5-12(17)6-8-13/h2-9H,10,17H2,1H3,(H,18,20). The average Bonchev–Trinajstić information content (AvgIpc) is 2.41. The van der Waals surface area contributed by atoms with Crippen molar-refractivity contribution in [3.05, 3.63) is 54.3 Å². The normalized spacial score (nSPS) is 10.1. The smallest absolute Gasteiger partial charge is 0.243 e. The van der Waals surface area contributed by atoms with Gasteiger partial charge in [-0.25, -0.2) is 4.39 Å². The monoisotopic (exact) mass is 273 g/mol. The molecule has 0 saturated carbocycles. The Morgan fingerprint density at radius 3 is 2.60 bits per heavy atom. The van der Waals surface area contributed by atoms with E-state index in [2.05, 4.69) is 5.32 Å². The zero-order chi connectivity index (χ0) is 14.5. The Bertz CT molecular complexity index is 598. The molecule has 0 radical (unpaired) electrons. The number of benzene rings is 2. The van der Waals surface area contributed by atoms with E-state index in [-0.39, 0.29) is 18.3 Å². The van der Waals surface area contributed by atoms with Crippen LogP contribution in [0, 0.1) is 5.82 Å². The van der Waals surface area contributed by atoms with Crippen LogP contribution in [0.2, 0.25) is 0 Å². The van der Waals surface area contributed by atoms with Crippen LogP contribution < -0.4 is 16.0 Å². The molecular formula is C15H16FN3O. The minimum atomic E-state index is -0.326. The maximum absolute atomic E-state index is 13.1. The predicted molar refractivity (Wildman–Crippen MR) is 79.2 cm³/mol. The van der Waals surface area contributed by atoms with E-state index in [9.17, 15) is 9.18 Å². The van der Waals surface area contributed by atoms with Gasteiger partial charge < -0.3 is 16.0 Å². The number of hydrogen-bond donors (Lipinski definition) is 2. The van der Waals surface area contributed by atoms with E-state index in [4.69, 9.17) is 5.73 Å². The van der Waals surface area contributed by atoms with Crippen LogP contribution >= 0.6 is 0 Å². The second-order valence-electron chi connectivity index (χ2n) is 4.51. The number of nitrogen functional groups attached to an aromatic ring is 1. The van der Waals surface area contributed by atoms with Gasteiger partial charge in [-0.3, -0.25) is 4.79 Å². The molecule has 0 aliphatic rings. The van der Waals surface area contributed by atoms with E-state index in [0.717, 1.165) is 0 Å². The van der Waals surface area contributed by atoms with Crippen LogP contribution in [0.5, 0.6) is 0 Å². The Hall–Kier alpha value is -2.56. The van der Waals surface area contributed by atoms with Gasteiger partial charge in [0, 0.05) is 24.1 Å². The van der Waals surface area contributed by atoms with Gasteiger partial charge in [-0.05, 0) is 42.5 Å². The van der Waals surface area contributed by atoms with Gasteiger partial charge in [0.25, 0.3) is 0 Å². The number of rotatable bonds is 4. The summed E-state index contributed by atoms with van der Waals surface area (Å²) in [5.74, 6) is -0.505. The highest BCUT2D eigenvalue weighted by Crippen LogP contribution is 2.14. The number of carbonyl (C=O) groups is 1. The first-order chi connectivity index (χ1) is 9.54. The SMILES string of the molecule is CN(CC(=O)Nc1ccc(N)cc1)c1cccc(F)c1. The fourth-order valence-electron chi connectivity index (χ4n) is 1.79. The summed E-state index contributed by atoms with van der Waals surface area (Å²) >= 11 is 0. The van der Waals surface area contributed by atoms with Gasteiger partial charge in [-0.2, -0.15) is 0 Å². The molecule has 0 aromatic heterocycles. The first kappa shape index (κ1) is 13.9. The molecule has 0 heterocycles. The number of hydrogen-bond acceptors (Lipinski definition) is 3. The number of nitrogens with one attached hydrogen (secondary N) is 1. The molecule has 1 amide bonds. The first-order valence-corrected chi connectivity index (χ1v) is 6.17. The van der Waals surface area contributed by atoms with Crippen molar-refractivity contribution in [3.63, 3.8) is 0 Å². The fraction of sp³-hybridized carbons (Fsp3) is 0.133. The van der Waals surface area contributed by atoms with E-state index in [0.29, 0.717) is 17.1 Å². The Kier molecular flexibility index (Phi) is 4.20. The summed E-state index contributed by atoms with van der Waals surface area (Å²) in [6.45, 7) is 0.133. The van der Waals surface area contributed by atoms with Gasteiger partial charge in [0.05, 0.1) is 6.54 Å². The maximum Gasteiger partial charge on any atom is 0.243 e. The molecular weight excluding hydrogens is 257 g/mol. The second-order valence-corrected chi connectivity index (χ2v) is 4.51. The van der Waals surface area contributed by atoms with Crippen molar-refractivity contribution in [2.75, 3.05) is 29.5 Å². The number of amides is 1. The van der Waals surface area contributed by atoms with Crippen molar-refractivity contribution < 1.29 is 9.18 Å². The van der Waals surface area contributed by atoms with Crippen LogP contribution in [0.1, 0.15) is 0 Å². The minimum Gasteiger partial charge on any atom is -0.399 e. The highest BCUT2D eigenvalue weighted by molar-refractivity contribution is 5.94. The summed E-state index contributed by atoms with van der Waals surface area (Å²) in [7, 11) is 1.73. The van der Waals surface area contributed by atoms with Crippen molar-refractivity contribution in [1.82, 2.24) is 0 Å². The summed E-state index contributed by atoms with van der Waals surface area (Å²) < 4.78 is 13.1. The number of nitrogens with zero attached hydrogens (tertiary/aromatic N) is 1. The van der Waals surface area contributed by atoms with Gasteiger partial charge in [-0.15, -0.1) is 0 Å². The summed E-state index contributed by atoms with van der Waals surface area (Å²) in [6.07, 6.45) is 0. The van der Waals surface area contributed by atoms with Gasteiger partial charge in [-0.1, -0.05) is 6.07 Å². The van der Waals surface area contributed by atoms with Gasteiger partial charge >= 0.3 is 0 Å². The van der Waals surface area contributed by atoms with E-state index in [1.807, 2.05) is 0 Å². The second kappa shape index (κ2) is 6.06. The highest BCUT2D eigenvalue weighted by atomic mass is 19.1. The number of anilines is 3. The lowest BCUT2D eigenvalue weighted by atomic mass is 10.2. The molecule has 0 fully saturated rings. The quantitative estimate of drug-likeness (QED) is 0.841. The van der Waals surface area contributed by atoms with Gasteiger partial charge in [0.15, 0.2) is 0 Å². The van der Waals surface area contributed by atoms with Crippen LogP contribution in [0.3, 0.4) is 0 Å². The number of likely N-dealkylation sites (N-methyl/N-ethyl adjacent to an activating group) is 1. The average molecular weight is 273 g/mol. The summed E-state index contributed by atoms with van der Waals surface area (Å²) in [6, 6.07) is 13.0. The molecule has 0 atom stereocenters. The topological polar surface area (TPSA) is 58.4 Å². The molecule has 2 aromatic carbocycles. The van der Waals surface area contributed by atoms with Crippen molar-refractivity contribution in [2.24, 2.45) is 0 Å². The molecule has 0 spiro atoms. The third kappa shape index (κ3) is 3.71. The Balaban J connectivity index is 1.95. The fourth-order valence-corrected chi connectivity index (χ4v) is 1.79. The number of halogens is 1. The molecule has 3 N–H and O–H groups in total. The van der Waals surface area contributed by atoms with Crippen LogP contribution in [0.25, 0.3) is 0 Å². The molecule has 0 unspecified atom stereocenters. The highest BCUT2D eigenvalue weighted by Gasteiger charge is 2.08. The zero-order valence-corrected chi connectivity index (χ0v) is 11.1. The Morgan fingerprint density at radius 1 is 1.25 bits per heavy atom. The Labute approximate surface area is 117 Å². The Morgan fingerprint density at radius 2 is 1.95 bits per heavy atom. The lowest BCUT2D eigenvalue weighted by molar-refractivity contribution is -0.114. The van der Waals surface area contributed by atoms with E-state index in [1.165, 1.54) is 12.1 Å². The lowest BCUT2D eigenvalue weighted by Gasteiger charge is -2.18. The molecule has 0 bridgehead atoms. The molecule has 2 rings (SSSR count). The molecule has 20 heavy (non-hydrogen) atoms. The summed E-state index contributed by atoms with van der Waals surface area (Å²) in [5, 5.41) is 2.75. The van der Waals surface area contributed by atoms with Crippen molar-refractivity contribution in [1.29, 1.82) is 0 Å². The van der Waals surface area contributed by atoms with Crippen LogP contribution in [0.15, 0.2) is 48.5 Å². The largest absolute Gasteiger partial charge is 0.399 e. The molecule has 4 nitrogen and oxygen atoms in total. The number of nitrogens with two attached hydrogens (primary N) is 1. The van der Waals surface area contributed by atoms with E-state index in [1.54, 1.807) is 48.3 Å². The van der Waals surface area contributed by atoms with Crippen LogP contribution in [0.4, 0.5) is 21.5 Å². The third-order valence-electron chi connectivity index (χ3n) is 2.82. The van der Waals surface area contributed by atoms with Crippen molar-refractivity contribution in [2.45, 2.75) is 0 Å². The van der Waals surface area contributed by atoms with E-state index < -0.39 is 0 Å². The lowest BCUT2D eigenvalue weighted by Crippen LogP contribution is -2.30. The summed E-state index contributed by atoms with van der Waals surface area (Å²) in [5.41, 5.74) is 7.54. The molecule has 0 saturated heterocycles. The van der Waals surface area contributed by atoms with Crippen LogP contribution in [-0.4, -0.2) is 19.5 Å². The van der Waals surface area contributed by atoms with Crippen molar-refractivity contribution in [3.8, 4) is 0 Å². The third-order valence-corrected chi connectivity index (χ3v) is 2.82. The molecule has 104 valence electrons. The van der Waals surface area contributed by atoms with Crippen LogP contribution in [-0.2, 0) is 4.79 Å².